The molecule has 7 heteroatoms. The lowest BCUT2D eigenvalue weighted by Gasteiger charge is -2.37. The Morgan fingerprint density at radius 2 is 1.58 bits per heavy atom. The van der Waals surface area contributed by atoms with Gasteiger partial charge in [-0.25, -0.2) is 4.79 Å². The Morgan fingerprint density at radius 3 is 2.24 bits per heavy atom. The molecule has 0 spiro atoms. The molecule has 33 heavy (non-hydrogen) atoms. The third kappa shape index (κ3) is 4.98. The molecule has 2 amide bonds. The van der Waals surface area contributed by atoms with Crippen LogP contribution in [0.2, 0.25) is 0 Å². The molecule has 0 aliphatic carbocycles. The number of rotatable bonds is 7. The first-order valence-corrected chi connectivity index (χ1v) is 10.8. The van der Waals surface area contributed by atoms with Crippen LogP contribution in [0, 0.1) is 0 Å². The zero-order valence-corrected chi connectivity index (χ0v) is 19.0. The minimum Gasteiger partial charge on any atom is -0.497 e. The van der Waals surface area contributed by atoms with Crippen molar-refractivity contribution in [3.8, 4) is 23.0 Å². The largest absolute Gasteiger partial charge is 0.497 e. The van der Waals surface area contributed by atoms with E-state index in [0.717, 1.165) is 22.6 Å². The molecule has 0 unspecified atom stereocenters. The van der Waals surface area contributed by atoms with E-state index < -0.39 is 0 Å². The summed E-state index contributed by atoms with van der Waals surface area (Å²) in [6, 6.07) is 20.3. The summed E-state index contributed by atoms with van der Waals surface area (Å²) in [5.74, 6) is 2.75. The van der Waals surface area contributed by atoms with Gasteiger partial charge in [0.25, 0.3) is 0 Å². The van der Waals surface area contributed by atoms with Crippen molar-refractivity contribution in [1.82, 2.24) is 4.90 Å². The smallest absolute Gasteiger partial charge is 0.322 e. The molecule has 0 radical (unpaired) electrons. The summed E-state index contributed by atoms with van der Waals surface area (Å²) in [7, 11) is 4.85. The molecule has 1 heterocycles. The molecule has 0 saturated carbocycles. The number of fused-ring (bicyclic) bond motifs is 1. The average Bonchev–Trinajstić information content (AvgIpc) is 2.87. The van der Waals surface area contributed by atoms with Gasteiger partial charge in [0.05, 0.1) is 27.4 Å². The van der Waals surface area contributed by atoms with Gasteiger partial charge in [0.2, 0.25) is 0 Å². The van der Waals surface area contributed by atoms with Crippen LogP contribution >= 0.6 is 0 Å². The normalized spacial score (nSPS) is 14.8. The fraction of sp³-hybridized carbons (Fsp3) is 0.269. The summed E-state index contributed by atoms with van der Waals surface area (Å²) in [5, 5.41) is 3.00. The van der Waals surface area contributed by atoms with Gasteiger partial charge in [-0.15, -0.1) is 0 Å². The van der Waals surface area contributed by atoms with Crippen LogP contribution in [0.4, 0.5) is 10.5 Å². The molecule has 1 N–H and O–H groups in total. The van der Waals surface area contributed by atoms with Crippen molar-refractivity contribution in [2.24, 2.45) is 0 Å². The maximum Gasteiger partial charge on any atom is 0.322 e. The van der Waals surface area contributed by atoms with Crippen LogP contribution in [0.15, 0.2) is 66.7 Å². The van der Waals surface area contributed by atoms with Crippen molar-refractivity contribution in [3.63, 3.8) is 0 Å². The average molecular weight is 449 g/mol. The molecule has 1 atom stereocenters. The van der Waals surface area contributed by atoms with Crippen molar-refractivity contribution in [2.75, 3.05) is 39.8 Å². The quantitative estimate of drug-likeness (QED) is 0.556. The molecule has 0 bridgehead atoms. The predicted octanol–water partition coefficient (Wildman–Crippen LogP) is 4.92. The van der Waals surface area contributed by atoms with E-state index in [0.29, 0.717) is 30.2 Å². The second-order valence-corrected chi connectivity index (χ2v) is 7.65. The Bertz CT molecular complexity index is 1090. The number of benzene rings is 3. The number of methoxy groups -OCH3 is 3. The monoisotopic (exact) mass is 448 g/mol. The highest BCUT2D eigenvalue weighted by Crippen LogP contribution is 2.38. The zero-order chi connectivity index (χ0) is 23.2. The molecule has 172 valence electrons. The number of ether oxygens (including phenoxy) is 4. The highest BCUT2D eigenvalue weighted by atomic mass is 16.5. The summed E-state index contributed by atoms with van der Waals surface area (Å²) in [6.45, 7) is 0.842. The number of carbonyl (C=O) groups is 1. The number of urea groups is 1. The molecule has 4 rings (SSSR count). The molecule has 0 saturated heterocycles. The molecule has 0 fully saturated rings. The number of nitrogens with zero attached hydrogens (tertiary/aromatic N) is 1. The molecule has 1 aliphatic rings. The fourth-order valence-corrected chi connectivity index (χ4v) is 4.01. The lowest BCUT2D eigenvalue weighted by Crippen LogP contribution is -2.44. The van der Waals surface area contributed by atoms with Gasteiger partial charge < -0.3 is 29.2 Å². The highest BCUT2D eigenvalue weighted by Gasteiger charge is 2.33. The minimum absolute atomic E-state index is 0.176. The van der Waals surface area contributed by atoms with Crippen LogP contribution in [-0.4, -0.2) is 45.4 Å². The number of carbonyl (C=O) groups excluding carboxylic acids is 1. The number of anilines is 1. The van der Waals surface area contributed by atoms with E-state index >= 15 is 0 Å². The Kier molecular flexibility index (Phi) is 6.88. The number of amides is 2. The van der Waals surface area contributed by atoms with Gasteiger partial charge in [0.1, 0.15) is 18.1 Å². The van der Waals surface area contributed by atoms with Crippen LogP contribution in [-0.2, 0) is 6.42 Å². The van der Waals surface area contributed by atoms with E-state index in [1.807, 2.05) is 71.6 Å². The van der Waals surface area contributed by atoms with Crippen LogP contribution < -0.4 is 24.3 Å². The van der Waals surface area contributed by atoms with Gasteiger partial charge in [-0.2, -0.15) is 0 Å². The van der Waals surface area contributed by atoms with Gasteiger partial charge >= 0.3 is 6.03 Å². The van der Waals surface area contributed by atoms with Gasteiger partial charge in [0, 0.05) is 12.2 Å². The van der Waals surface area contributed by atoms with E-state index in [-0.39, 0.29) is 18.7 Å². The fourth-order valence-electron chi connectivity index (χ4n) is 4.01. The summed E-state index contributed by atoms with van der Waals surface area (Å²) < 4.78 is 22.3. The molecule has 3 aromatic carbocycles. The maximum absolute atomic E-state index is 13.2. The number of hydrogen-bond acceptors (Lipinski definition) is 5. The predicted molar refractivity (Wildman–Crippen MR) is 127 cm³/mol. The van der Waals surface area contributed by atoms with E-state index in [4.69, 9.17) is 18.9 Å². The van der Waals surface area contributed by atoms with Crippen molar-refractivity contribution in [1.29, 1.82) is 0 Å². The molecular weight excluding hydrogens is 420 g/mol. The Balaban J connectivity index is 1.63. The first-order chi connectivity index (χ1) is 16.1. The molecule has 7 nitrogen and oxygen atoms in total. The van der Waals surface area contributed by atoms with E-state index in [1.54, 1.807) is 21.3 Å². The summed E-state index contributed by atoms with van der Waals surface area (Å²) in [5.41, 5.74) is 2.84. The van der Waals surface area contributed by atoms with E-state index in [9.17, 15) is 4.79 Å². The van der Waals surface area contributed by atoms with Crippen molar-refractivity contribution in [3.05, 3.63) is 77.9 Å². The number of hydrogen-bond donors (Lipinski definition) is 1. The second kappa shape index (κ2) is 10.2. The second-order valence-electron chi connectivity index (χ2n) is 7.65. The van der Waals surface area contributed by atoms with Gasteiger partial charge in [0.15, 0.2) is 11.5 Å². The zero-order valence-electron chi connectivity index (χ0n) is 19.0. The van der Waals surface area contributed by atoms with Crippen molar-refractivity contribution >= 4 is 11.7 Å². The van der Waals surface area contributed by atoms with Crippen LogP contribution in [0.1, 0.15) is 17.2 Å². The standard InChI is InChI=1S/C26H28N2O5/c1-30-20-9-11-21(12-10-20)33-17-23-22-16-25(32-3)24(31-2)15-18(22)13-14-28(23)26(29)27-19-7-5-4-6-8-19/h4-12,15-16,23H,13-14,17H2,1-3H3,(H,27,29)/t23-/m0/s1. The van der Waals surface area contributed by atoms with Gasteiger partial charge in [-0.1, -0.05) is 18.2 Å². The Morgan fingerprint density at radius 1 is 0.909 bits per heavy atom. The van der Waals surface area contributed by atoms with Crippen LogP contribution in [0.25, 0.3) is 0 Å². The number of para-hydroxylation sites is 1. The van der Waals surface area contributed by atoms with Crippen LogP contribution in [0.3, 0.4) is 0 Å². The van der Waals surface area contributed by atoms with Crippen molar-refractivity contribution < 1.29 is 23.7 Å². The molecule has 3 aromatic rings. The third-order valence-electron chi connectivity index (χ3n) is 5.76. The Labute approximate surface area is 193 Å². The lowest BCUT2D eigenvalue weighted by molar-refractivity contribution is 0.144. The summed E-state index contributed by atoms with van der Waals surface area (Å²) in [6.07, 6.45) is 0.705. The SMILES string of the molecule is COc1ccc(OC[C@H]2c3cc(OC)c(OC)cc3CCN2C(=O)Nc2ccccc2)cc1. The highest BCUT2D eigenvalue weighted by molar-refractivity contribution is 5.89. The number of nitrogens with one attached hydrogen (secondary N) is 1. The molecule has 1 aliphatic heterocycles. The minimum atomic E-state index is -0.306. The topological polar surface area (TPSA) is 69.3 Å². The van der Waals surface area contributed by atoms with Gasteiger partial charge in [-0.3, -0.25) is 0 Å². The lowest BCUT2D eigenvalue weighted by atomic mass is 9.92. The Hall–Kier alpha value is -3.87. The summed E-state index contributed by atoms with van der Waals surface area (Å²) >= 11 is 0. The summed E-state index contributed by atoms with van der Waals surface area (Å²) in [4.78, 5) is 15.1. The first-order valence-electron chi connectivity index (χ1n) is 10.8. The van der Waals surface area contributed by atoms with Crippen LogP contribution in [0.5, 0.6) is 23.0 Å². The first kappa shape index (κ1) is 22.3. The van der Waals surface area contributed by atoms with Crippen molar-refractivity contribution in [2.45, 2.75) is 12.5 Å². The maximum atomic E-state index is 13.2. The van der Waals surface area contributed by atoms with E-state index in [2.05, 4.69) is 5.32 Å². The molecule has 0 aromatic heterocycles. The van der Waals surface area contributed by atoms with E-state index in [1.165, 1.54) is 0 Å². The molecular formula is C26H28N2O5. The van der Waals surface area contributed by atoms with Gasteiger partial charge in [-0.05, 0) is 66.1 Å². The third-order valence-corrected chi connectivity index (χ3v) is 5.76.